The number of hydrogen-bond acceptors (Lipinski definition) is 4. The van der Waals surface area contributed by atoms with Gasteiger partial charge < -0.3 is 5.11 Å². The second-order valence-corrected chi connectivity index (χ2v) is 6.20. The molecule has 1 rings (SSSR count). The summed E-state index contributed by atoms with van der Waals surface area (Å²) in [6.45, 7) is 0.119. The fraction of sp³-hybridized carbons (Fsp3) is 0.400. The molecule has 0 amide bonds. The first-order valence-corrected chi connectivity index (χ1v) is 7.13. The highest BCUT2D eigenvalue weighted by Gasteiger charge is 2.15. The second-order valence-electron chi connectivity index (χ2n) is 3.23. The molecule has 0 spiro atoms. The van der Waals surface area contributed by atoms with Crippen LogP contribution in [0.1, 0.15) is 10.4 Å². The van der Waals surface area contributed by atoms with Crippen LogP contribution in [-0.4, -0.2) is 38.5 Å². The number of thiophene rings is 1. The van der Waals surface area contributed by atoms with Gasteiger partial charge in [-0.05, 0) is 6.07 Å². The molecule has 0 aliphatic heterocycles. The van der Waals surface area contributed by atoms with Crippen molar-refractivity contribution >= 4 is 21.5 Å². The monoisotopic (exact) mass is 274 g/mol. The zero-order chi connectivity index (χ0) is 12.9. The average molecular weight is 274 g/mol. The minimum atomic E-state index is -3.39. The second kappa shape index (κ2) is 6.14. The molecule has 2 N–H and O–H groups in total. The summed E-state index contributed by atoms with van der Waals surface area (Å²) in [6.07, 6.45) is 0. The fourth-order valence-corrected chi connectivity index (χ4v) is 2.70. The zero-order valence-corrected chi connectivity index (χ0v) is 11.2. The molecule has 0 bridgehead atoms. The van der Waals surface area contributed by atoms with E-state index in [-0.39, 0.29) is 6.61 Å². The Hall–Kier alpha value is -0.910. The van der Waals surface area contributed by atoms with E-state index in [9.17, 15) is 8.42 Å². The Morgan fingerprint density at radius 3 is 2.88 bits per heavy atom. The number of hydrogen-bond donors (Lipinski definition) is 2. The topological polar surface area (TPSA) is 69.6 Å². The first-order chi connectivity index (χ1) is 7.99. The van der Waals surface area contributed by atoms with Crippen LogP contribution >= 0.6 is 11.3 Å². The van der Waals surface area contributed by atoms with Gasteiger partial charge in [-0.15, -0.1) is 11.3 Å². The van der Waals surface area contributed by atoms with Crippen molar-refractivity contribution in [2.24, 2.45) is 0 Å². The van der Waals surface area contributed by atoms with Gasteiger partial charge in [0.2, 0.25) is 0 Å². The Labute approximate surface area is 105 Å². The summed E-state index contributed by atoms with van der Waals surface area (Å²) >= 11 is 1.44. The number of aliphatic hydroxyl groups is 1. The summed E-state index contributed by atoms with van der Waals surface area (Å²) < 4.78 is 26.4. The van der Waals surface area contributed by atoms with Gasteiger partial charge in [0.1, 0.15) is 6.61 Å². The third-order valence-corrected chi connectivity index (χ3v) is 4.40. The molecular weight excluding hydrogens is 260 g/mol. The van der Waals surface area contributed by atoms with Crippen LogP contribution in [0, 0.1) is 11.8 Å². The van der Waals surface area contributed by atoms with Crippen LogP contribution in [0.25, 0.3) is 0 Å². The predicted molar refractivity (Wildman–Crippen MR) is 67.7 cm³/mol. The molecule has 94 valence electrons. The number of nitrogens with zero attached hydrogens (tertiary/aromatic N) is 1. The van der Waals surface area contributed by atoms with Gasteiger partial charge in [-0.2, -0.15) is 12.7 Å². The van der Waals surface area contributed by atoms with Crippen molar-refractivity contribution in [2.75, 3.05) is 20.7 Å². The fourth-order valence-electron chi connectivity index (χ4n) is 1.13. The van der Waals surface area contributed by atoms with Crippen molar-refractivity contribution in [3.8, 4) is 11.8 Å². The molecule has 1 heterocycles. The van der Waals surface area contributed by atoms with Crippen LogP contribution in [0.4, 0.5) is 0 Å². The van der Waals surface area contributed by atoms with Crippen LogP contribution in [0.15, 0.2) is 11.4 Å². The average Bonchev–Trinajstić information content (AvgIpc) is 2.74. The first kappa shape index (κ1) is 14.2. The molecule has 0 unspecified atom stereocenters. The maximum absolute atomic E-state index is 11.4. The van der Waals surface area contributed by atoms with Gasteiger partial charge in [-0.25, -0.2) is 4.72 Å². The van der Waals surface area contributed by atoms with Gasteiger partial charge in [0.15, 0.2) is 0 Å². The van der Waals surface area contributed by atoms with E-state index in [0.29, 0.717) is 6.54 Å². The maximum Gasteiger partial charge on any atom is 0.279 e. The van der Waals surface area contributed by atoms with Crippen LogP contribution in [-0.2, 0) is 16.8 Å². The molecule has 0 radical (unpaired) electrons. The Kier molecular flexibility index (Phi) is 5.11. The van der Waals surface area contributed by atoms with Crippen molar-refractivity contribution < 1.29 is 13.5 Å². The van der Waals surface area contributed by atoms with Gasteiger partial charge in [0, 0.05) is 36.5 Å². The van der Waals surface area contributed by atoms with E-state index in [0.717, 1.165) is 10.4 Å². The van der Waals surface area contributed by atoms with Crippen molar-refractivity contribution in [3.05, 3.63) is 21.9 Å². The Balaban J connectivity index is 2.73. The lowest BCUT2D eigenvalue weighted by Gasteiger charge is -2.14. The minimum Gasteiger partial charge on any atom is -0.384 e. The Morgan fingerprint density at radius 2 is 2.29 bits per heavy atom. The lowest BCUT2D eigenvalue weighted by atomic mass is 10.3. The molecular formula is C10H14N2O3S2. The van der Waals surface area contributed by atoms with Gasteiger partial charge in [0.05, 0.1) is 0 Å². The summed E-state index contributed by atoms with van der Waals surface area (Å²) in [6, 6.07) is 1.81. The maximum atomic E-state index is 11.4. The third kappa shape index (κ3) is 4.11. The van der Waals surface area contributed by atoms with Crippen molar-refractivity contribution in [1.29, 1.82) is 0 Å². The van der Waals surface area contributed by atoms with Crippen LogP contribution < -0.4 is 4.72 Å². The van der Waals surface area contributed by atoms with Crippen molar-refractivity contribution in [2.45, 2.75) is 6.54 Å². The van der Waals surface area contributed by atoms with E-state index in [2.05, 4.69) is 16.6 Å². The van der Waals surface area contributed by atoms with Crippen LogP contribution in [0.3, 0.4) is 0 Å². The lowest BCUT2D eigenvalue weighted by molar-refractivity contribution is 0.350. The summed E-state index contributed by atoms with van der Waals surface area (Å²) in [4.78, 5) is 0.897. The standard InChI is InChI=1S/C10H14N2O3S2/c1-11-17(14,15)12(2)7-10-6-9(8-16-10)4-3-5-13/h6,8,11,13H,5,7H2,1-2H3. The highest BCUT2D eigenvalue weighted by atomic mass is 32.2. The molecule has 0 saturated carbocycles. The Morgan fingerprint density at radius 1 is 1.59 bits per heavy atom. The summed E-state index contributed by atoms with van der Waals surface area (Å²) in [7, 11) is -0.512. The number of aliphatic hydroxyl groups excluding tert-OH is 1. The molecule has 0 fully saturated rings. The highest BCUT2D eigenvalue weighted by molar-refractivity contribution is 7.87. The molecule has 0 atom stereocenters. The quantitative estimate of drug-likeness (QED) is 0.759. The van der Waals surface area contributed by atoms with E-state index in [1.807, 2.05) is 11.4 Å². The summed E-state index contributed by atoms with van der Waals surface area (Å²) in [5.41, 5.74) is 0.786. The number of nitrogens with one attached hydrogen (secondary N) is 1. The molecule has 0 aliphatic carbocycles. The van der Waals surface area contributed by atoms with Crippen LogP contribution in [0.2, 0.25) is 0 Å². The van der Waals surface area contributed by atoms with Crippen molar-refractivity contribution in [3.63, 3.8) is 0 Å². The largest absolute Gasteiger partial charge is 0.384 e. The smallest absolute Gasteiger partial charge is 0.279 e. The summed E-state index contributed by atoms with van der Waals surface area (Å²) in [5, 5.41) is 10.4. The van der Waals surface area contributed by atoms with Crippen molar-refractivity contribution in [1.82, 2.24) is 9.03 Å². The van der Waals surface area contributed by atoms with Crippen LogP contribution in [0.5, 0.6) is 0 Å². The molecule has 1 aromatic heterocycles. The molecule has 0 aromatic carbocycles. The van der Waals surface area contributed by atoms with Gasteiger partial charge in [-0.3, -0.25) is 0 Å². The van der Waals surface area contributed by atoms with E-state index >= 15 is 0 Å². The Bertz CT molecular complexity index is 525. The van der Waals surface area contributed by atoms with E-state index in [1.165, 1.54) is 29.7 Å². The van der Waals surface area contributed by atoms with E-state index < -0.39 is 10.2 Å². The lowest BCUT2D eigenvalue weighted by Crippen LogP contribution is -2.35. The molecule has 1 aromatic rings. The van der Waals surface area contributed by atoms with E-state index in [4.69, 9.17) is 5.11 Å². The minimum absolute atomic E-state index is 0.181. The third-order valence-electron chi connectivity index (χ3n) is 2.01. The van der Waals surface area contributed by atoms with Gasteiger partial charge in [0.25, 0.3) is 10.2 Å². The highest BCUT2D eigenvalue weighted by Crippen LogP contribution is 2.16. The molecule has 7 heteroatoms. The predicted octanol–water partition coefficient (Wildman–Crippen LogP) is -0.0121. The molecule has 5 nitrogen and oxygen atoms in total. The first-order valence-electron chi connectivity index (χ1n) is 4.81. The number of rotatable bonds is 4. The van der Waals surface area contributed by atoms with Gasteiger partial charge in [-0.1, -0.05) is 11.8 Å². The zero-order valence-electron chi connectivity index (χ0n) is 9.60. The summed E-state index contributed by atoms with van der Waals surface area (Å²) in [5.74, 6) is 5.31. The molecule has 0 saturated heterocycles. The molecule has 0 aliphatic rings. The molecule has 17 heavy (non-hydrogen) atoms. The SMILES string of the molecule is CNS(=O)(=O)N(C)Cc1cc(C#CCO)cs1. The normalized spacial score (nSPS) is 11.3. The van der Waals surface area contributed by atoms with E-state index in [1.54, 1.807) is 0 Å². The van der Waals surface area contributed by atoms with Gasteiger partial charge >= 0.3 is 0 Å².